The average Bonchev–Trinajstić information content (AvgIpc) is 3.28. The second kappa shape index (κ2) is 14.0. The van der Waals surface area contributed by atoms with Gasteiger partial charge < -0.3 is 24.8 Å². The summed E-state index contributed by atoms with van der Waals surface area (Å²) in [4.78, 5) is 0. The summed E-state index contributed by atoms with van der Waals surface area (Å²) >= 11 is 0. The SMILES string of the molecule is CC1=C(C)CC(c2cc(C(F)(F)F)cc(C(F)(F)F)c2)=[C-]1.CC1=C(C)CC(c2ccccc2)=[C-]1.[Cl-].[Cl-].[Hf+4]. The third kappa shape index (κ3) is 9.29. The summed E-state index contributed by atoms with van der Waals surface area (Å²) in [6.07, 6.45) is -2.02. The zero-order chi connectivity index (χ0) is 25.3. The smallest absolute Gasteiger partial charge is 1.00 e. The first-order valence-corrected chi connectivity index (χ1v) is 10.7. The van der Waals surface area contributed by atoms with Crippen LogP contribution in [0.4, 0.5) is 26.3 Å². The summed E-state index contributed by atoms with van der Waals surface area (Å²) in [7, 11) is 0. The molecule has 0 heterocycles. The summed E-state index contributed by atoms with van der Waals surface area (Å²) < 4.78 is 76.6. The van der Waals surface area contributed by atoms with E-state index in [0.29, 0.717) is 12.0 Å². The number of hydrogen-bond acceptors (Lipinski definition) is 0. The third-order valence-electron chi connectivity index (χ3n) is 5.90. The molecule has 37 heavy (non-hydrogen) atoms. The van der Waals surface area contributed by atoms with Crippen molar-refractivity contribution in [2.45, 2.75) is 52.9 Å². The first-order chi connectivity index (χ1) is 15.8. The Morgan fingerprint density at radius 3 is 1.30 bits per heavy atom. The van der Waals surface area contributed by atoms with Crippen LogP contribution < -0.4 is 24.8 Å². The molecule has 0 N–H and O–H groups in total. The fourth-order valence-corrected chi connectivity index (χ4v) is 3.67. The van der Waals surface area contributed by atoms with Crippen LogP contribution in [0.2, 0.25) is 0 Å². The van der Waals surface area contributed by atoms with E-state index in [1.165, 1.54) is 22.3 Å². The molecule has 0 aromatic heterocycles. The Morgan fingerprint density at radius 1 is 0.595 bits per heavy atom. The van der Waals surface area contributed by atoms with E-state index >= 15 is 0 Å². The topological polar surface area (TPSA) is 0 Å². The molecule has 0 saturated heterocycles. The fourth-order valence-electron chi connectivity index (χ4n) is 3.67. The van der Waals surface area contributed by atoms with Crippen LogP contribution in [0.15, 0.2) is 70.8 Å². The van der Waals surface area contributed by atoms with Crippen molar-refractivity contribution in [1.82, 2.24) is 0 Å². The largest absolute Gasteiger partial charge is 4.00 e. The molecule has 0 unspecified atom stereocenters. The Balaban J connectivity index is 0.000000705. The molecule has 196 valence electrons. The molecule has 0 saturated carbocycles. The molecule has 0 nitrogen and oxygen atoms in total. The summed E-state index contributed by atoms with van der Waals surface area (Å²) in [6, 6.07) is 12.1. The zero-order valence-corrected chi connectivity index (χ0v) is 25.7. The van der Waals surface area contributed by atoms with Crippen LogP contribution in [0.25, 0.3) is 11.1 Å². The molecule has 2 aliphatic carbocycles. The van der Waals surface area contributed by atoms with Gasteiger partial charge in [-0.25, -0.2) is 0 Å². The van der Waals surface area contributed by atoms with Crippen LogP contribution in [0, 0.1) is 12.2 Å². The number of alkyl halides is 6. The van der Waals surface area contributed by atoms with E-state index in [9.17, 15) is 26.3 Å². The van der Waals surface area contributed by atoms with Crippen molar-refractivity contribution in [2.75, 3.05) is 0 Å². The molecule has 0 amide bonds. The van der Waals surface area contributed by atoms with Crippen LogP contribution in [0.3, 0.4) is 0 Å². The van der Waals surface area contributed by atoms with E-state index in [0.717, 1.165) is 29.7 Å². The summed E-state index contributed by atoms with van der Waals surface area (Å²) in [5, 5.41) is 0. The van der Waals surface area contributed by atoms with E-state index in [-0.39, 0.29) is 62.3 Å². The van der Waals surface area contributed by atoms with Crippen molar-refractivity contribution in [1.29, 1.82) is 0 Å². The molecule has 4 rings (SSSR count). The van der Waals surface area contributed by atoms with Gasteiger partial charge in [0.25, 0.3) is 0 Å². The van der Waals surface area contributed by atoms with E-state index in [1.54, 1.807) is 13.8 Å². The minimum absolute atomic E-state index is 0. The van der Waals surface area contributed by atoms with Gasteiger partial charge in [-0.2, -0.15) is 71.9 Å². The first-order valence-electron chi connectivity index (χ1n) is 10.7. The molecule has 0 fully saturated rings. The molecule has 0 spiro atoms. The number of hydrogen-bond donors (Lipinski definition) is 0. The van der Waals surface area contributed by atoms with Crippen LogP contribution in [0.1, 0.15) is 62.8 Å². The maximum Gasteiger partial charge on any atom is 4.00 e. The van der Waals surface area contributed by atoms with Crippen molar-refractivity contribution < 1.29 is 77.0 Å². The van der Waals surface area contributed by atoms with E-state index in [2.05, 4.69) is 50.3 Å². The Hall–Kier alpha value is -1.57. The normalized spacial score (nSPS) is 15.1. The standard InChI is InChI=1S/C15H11F6.C13H13.2ClH.Hf/c1-8-3-10(4-9(8)2)11-5-12(14(16,17)18)7-13(6-11)15(19,20)21;1-10-8-13(9-11(10)2)12-6-4-3-5-7-12;;;/h5-7H,3H2,1-2H3;3-7H,8H2,1-2H3;2*1H;/q2*-1;;;+4/p-2. The maximum atomic E-state index is 12.8. The predicted octanol–water partition coefficient (Wildman–Crippen LogP) is 3.27. The average molecular weight is 724 g/mol. The molecule has 0 atom stereocenters. The van der Waals surface area contributed by atoms with Crippen LogP contribution in [-0.2, 0) is 38.2 Å². The van der Waals surface area contributed by atoms with Gasteiger partial charge in [0.15, 0.2) is 0 Å². The monoisotopic (exact) mass is 724 g/mol. The van der Waals surface area contributed by atoms with Crippen molar-refractivity contribution >= 4 is 11.1 Å². The Morgan fingerprint density at radius 2 is 0.973 bits per heavy atom. The van der Waals surface area contributed by atoms with Crippen molar-refractivity contribution in [3.05, 3.63) is 105 Å². The Bertz CT molecular complexity index is 1170. The van der Waals surface area contributed by atoms with Gasteiger partial charge >= 0.3 is 38.2 Å². The Kier molecular flexibility index (Phi) is 13.4. The van der Waals surface area contributed by atoms with Gasteiger partial charge in [0, 0.05) is 11.1 Å². The Labute approximate surface area is 245 Å². The molecule has 0 bridgehead atoms. The zero-order valence-electron chi connectivity index (χ0n) is 20.6. The molecule has 0 aliphatic heterocycles. The van der Waals surface area contributed by atoms with E-state index < -0.39 is 23.5 Å². The molecular weight excluding hydrogens is 700 g/mol. The molecule has 2 aromatic carbocycles. The van der Waals surface area contributed by atoms with E-state index in [1.807, 2.05) is 6.07 Å². The van der Waals surface area contributed by atoms with Crippen LogP contribution in [-0.4, -0.2) is 0 Å². The number of allylic oxidation sites excluding steroid dienone is 8. The van der Waals surface area contributed by atoms with Crippen LogP contribution >= 0.6 is 0 Å². The summed E-state index contributed by atoms with van der Waals surface area (Å²) in [5.74, 6) is 0. The van der Waals surface area contributed by atoms with Gasteiger partial charge in [0.1, 0.15) is 0 Å². The molecule has 2 aliphatic rings. The predicted molar refractivity (Wildman–Crippen MR) is 122 cm³/mol. The second-order valence-electron chi connectivity index (χ2n) is 8.53. The number of rotatable bonds is 2. The van der Waals surface area contributed by atoms with Crippen molar-refractivity contribution in [2.24, 2.45) is 0 Å². The first kappa shape index (κ1) is 35.4. The minimum atomic E-state index is -4.83. The van der Waals surface area contributed by atoms with Gasteiger partial charge in [-0.05, 0) is 6.07 Å². The molecule has 9 heteroatoms. The van der Waals surface area contributed by atoms with Gasteiger partial charge in [-0.3, -0.25) is 0 Å². The molecule has 0 radical (unpaired) electrons. The number of halogens is 8. The van der Waals surface area contributed by atoms with Gasteiger partial charge in [0.05, 0.1) is 0 Å². The third-order valence-corrected chi connectivity index (χ3v) is 5.90. The van der Waals surface area contributed by atoms with Crippen molar-refractivity contribution in [3.63, 3.8) is 0 Å². The number of benzene rings is 2. The minimum Gasteiger partial charge on any atom is -1.00 e. The van der Waals surface area contributed by atoms with Gasteiger partial charge in [-0.15, -0.1) is 23.3 Å². The molecular formula is C28H24Cl2F6Hf. The van der Waals surface area contributed by atoms with Gasteiger partial charge in [-0.1, -0.05) is 70.9 Å². The summed E-state index contributed by atoms with van der Waals surface area (Å²) in [5.41, 5.74) is 4.67. The van der Waals surface area contributed by atoms with Crippen LogP contribution in [0.5, 0.6) is 0 Å². The molecule has 2 aromatic rings. The fraction of sp³-hybridized carbons (Fsp3) is 0.286. The van der Waals surface area contributed by atoms with Gasteiger partial charge in [0.2, 0.25) is 0 Å². The van der Waals surface area contributed by atoms with Crippen molar-refractivity contribution in [3.8, 4) is 0 Å². The second-order valence-corrected chi connectivity index (χ2v) is 8.53. The summed E-state index contributed by atoms with van der Waals surface area (Å²) in [6.45, 7) is 7.80. The quantitative estimate of drug-likeness (QED) is 0.254. The maximum absolute atomic E-state index is 12.8. The van der Waals surface area contributed by atoms with E-state index in [4.69, 9.17) is 0 Å².